The summed E-state index contributed by atoms with van der Waals surface area (Å²) >= 11 is 3.68. The first-order valence-electron chi connectivity index (χ1n) is 6.85. The van der Waals surface area contributed by atoms with Gasteiger partial charge in [-0.25, -0.2) is 0 Å². The van der Waals surface area contributed by atoms with Crippen LogP contribution in [0.15, 0.2) is 22.7 Å². The van der Waals surface area contributed by atoms with E-state index in [4.69, 9.17) is 4.98 Å². The Bertz CT molecular complexity index is 591. The summed E-state index contributed by atoms with van der Waals surface area (Å²) in [4.78, 5) is 4.83. The average molecular weight is 321 g/mol. The summed E-state index contributed by atoms with van der Waals surface area (Å²) in [6, 6.07) is 6.48. The zero-order valence-corrected chi connectivity index (χ0v) is 13.6. The van der Waals surface area contributed by atoms with Crippen molar-refractivity contribution in [1.82, 2.24) is 4.98 Å². The molecular weight excluding hydrogens is 300 g/mol. The summed E-state index contributed by atoms with van der Waals surface area (Å²) in [7, 11) is 0. The highest BCUT2D eigenvalue weighted by Gasteiger charge is 2.10. The van der Waals surface area contributed by atoms with Crippen LogP contribution in [-0.4, -0.2) is 11.5 Å². The summed E-state index contributed by atoms with van der Waals surface area (Å²) in [5.74, 6) is 0.614. The van der Waals surface area contributed by atoms with E-state index in [0.29, 0.717) is 5.92 Å². The number of rotatable bonds is 4. The normalized spacial score (nSPS) is 11.3. The van der Waals surface area contributed by atoms with Crippen molar-refractivity contribution in [2.24, 2.45) is 5.92 Å². The predicted molar refractivity (Wildman–Crippen MR) is 86.9 cm³/mol. The van der Waals surface area contributed by atoms with E-state index in [1.54, 1.807) is 0 Å². The number of pyridine rings is 1. The van der Waals surface area contributed by atoms with Gasteiger partial charge in [0, 0.05) is 27.8 Å². The van der Waals surface area contributed by atoms with Gasteiger partial charge in [-0.1, -0.05) is 26.0 Å². The van der Waals surface area contributed by atoms with Crippen LogP contribution in [0.4, 0.5) is 5.69 Å². The van der Waals surface area contributed by atoms with Gasteiger partial charge in [-0.05, 0) is 53.7 Å². The molecule has 1 aromatic heterocycles. The highest BCUT2D eigenvalue weighted by atomic mass is 79.9. The Balaban J connectivity index is 2.65. The average Bonchev–Trinajstić information content (AvgIpc) is 2.34. The molecular formula is C16H21BrN2. The second-order valence-electron chi connectivity index (χ2n) is 5.38. The van der Waals surface area contributed by atoms with Crippen LogP contribution in [0.2, 0.25) is 0 Å². The van der Waals surface area contributed by atoms with Gasteiger partial charge in [-0.15, -0.1) is 0 Å². The number of nitrogens with one attached hydrogen (secondary N) is 1. The predicted octanol–water partition coefficient (Wildman–Crippen LogP) is 4.94. The summed E-state index contributed by atoms with van der Waals surface area (Å²) in [5, 5.41) is 4.64. The molecule has 0 atom stereocenters. The molecule has 0 aliphatic heterocycles. The van der Waals surface area contributed by atoms with Crippen LogP contribution in [0.5, 0.6) is 0 Å². The molecule has 2 rings (SSSR count). The lowest BCUT2D eigenvalue weighted by molar-refractivity contribution is 0.637. The Morgan fingerprint density at radius 3 is 2.68 bits per heavy atom. The molecule has 1 heterocycles. The Hall–Kier alpha value is -1.09. The molecule has 3 heteroatoms. The van der Waals surface area contributed by atoms with E-state index in [9.17, 15) is 0 Å². The Morgan fingerprint density at radius 2 is 2.05 bits per heavy atom. The van der Waals surface area contributed by atoms with Gasteiger partial charge >= 0.3 is 0 Å². The quantitative estimate of drug-likeness (QED) is 0.863. The van der Waals surface area contributed by atoms with Crippen molar-refractivity contribution in [3.8, 4) is 0 Å². The van der Waals surface area contributed by atoms with E-state index in [1.165, 1.54) is 16.6 Å². The monoisotopic (exact) mass is 320 g/mol. The van der Waals surface area contributed by atoms with Gasteiger partial charge in [0.25, 0.3) is 0 Å². The summed E-state index contributed by atoms with van der Waals surface area (Å²) < 4.78 is 1.11. The summed E-state index contributed by atoms with van der Waals surface area (Å²) in [5.41, 5.74) is 4.63. The largest absolute Gasteiger partial charge is 0.385 e. The smallest absolute Gasteiger partial charge is 0.0870 e. The van der Waals surface area contributed by atoms with E-state index in [1.807, 2.05) is 0 Å². The van der Waals surface area contributed by atoms with Crippen LogP contribution in [0.1, 0.15) is 32.0 Å². The van der Waals surface area contributed by atoms with Gasteiger partial charge in [0.1, 0.15) is 0 Å². The SMILES string of the molecule is CCNc1cc(CC(C)C)nc2c(Br)c(C)ccc12. The molecule has 0 aliphatic rings. The molecule has 102 valence electrons. The lowest BCUT2D eigenvalue weighted by Crippen LogP contribution is -2.03. The fraction of sp³-hybridized carbons (Fsp3) is 0.438. The van der Waals surface area contributed by atoms with Gasteiger partial charge in [0.15, 0.2) is 0 Å². The minimum Gasteiger partial charge on any atom is -0.385 e. The van der Waals surface area contributed by atoms with Crippen LogP contribution < -0.4 is 5.32 Å². The maximum atomic E-state index is 4.83. The van der Waals surface area contributed by atoms with Crippen molar-refractivity contribution < 1.29 is 0 Å². The van der Waals surface area contributed by atoms with Gasteiger partial charge in [-0.3, -0.25) is 4.98 Å². The molecule has 19 heavy (non-hydrogen) atoms. The molecule has 0 saturated heterocycles. The lowest BCUT2D eigenvalue weighted by atomic mass is 10.0. The number of fused-ring (bicyclic) bond motifs is 1. The first-order chi connectivity index (χ1) is 9.02. The second-order valence-corrected chi connectivity index (χ2v) is 6.18. The number of nitrogens with zero attached hydrogens (tertiary/aromatic N) is 1. The molecule has 2 nitrogen and oxygen atoms in total. The van der Waals surface area contributed by atoms with Gasteiger partial charge in [0.05, 0.1) is 5.52 Å². The Morgan fingerprint density at radius 1 is 1.32 bits per heavy atom. The minimum absolute atomic E-state index is 0.614. The fourth-order valence-electron chi connectivity index (χ4n) is 2.27. The van der Waals surface area contributed by atoms with Crippen molar-refractivity contribution in [2.75, 3.05) is 11.9 Å². The van der Waals surface area contributed by atoms with E-state index < -0.39 is 0 Å². The molecule has 0 bridgehead atoms. The van der Waals surface area contributed by atoms with Crippen LogP contribution in [0.3, 0.4) is 0 Å². The molecule has 0 fully saturated rings. The number of hydrogen-bond acceptors (Lipinski definition) is 2. The van der Waals surface area contributed by atoms with Crippen molar-refractivity contribution in [1.29, 1.82) is 0 Å². The third-order valence-electron chi connectivity index (χ3n) is 3.15. The Labute approximate surface area is 123 Å². The Kier molecular flexibility index (Phi) is 4.46. The van der Waals surface area contributed by atoms with Crippen molar-refractivity contribution >= 4 is 32.5 Å². The molecule has 0 aliphatic carbocycles. The van der Waals surface area contributed by atoms with Gasteiger partial charge in [0.2, 0.25) is 0 Å². The highest BCUT2D eigenvalue weighted by molar-refractivity contribution is 9.10. The van der Waals surface area contributed by atoms with Gasteiger partial charge < -0.3 is 5.32 Å². The topological polar surface area (TPSA) is 24.9 Å². The molecule has 0 spiro atoms. The molecule has 1 aromatic carbocycles. The number of benzene rings is 1. The maximum absolute atomic E-state index is 4.83. The van der Waals surface area contributed by atoms with Crippen LogP contribution in [-0.2, 0) is 6.42 Å². The van der Waals surface area contributed by atoms with E-state index in [2.05, 4.69) is 67.1 Å². The molecule has 2 aromatic rings. The second kappa shape index (κ2) is 5.91. The number of hydrogen-bond donors (Lipinski definition) is 1. The van der Waals surface area contributed by atoms with E-state index in [-0.39, 0.29) is 0 Å². The fourth-order valence-corrected chi connectivity index (χ4v) is 2.71. The standard InChI is InChI=1S/C16H21BrN2/c1-5-18-14-9-12(8-10(2)3)19-16-13(14)7-6-11(4)15(16)17/h6-7,9-10H,5,8H2,1-4H3,(H,18,19). The zero-order valence-electron chi connectivity index (χ0n) is 12.0. The number of aryl methyl sites for hydroxylation is 1. The number of aromatic nitrogens is 1. The molecule has 1 N–H and O–H groups in total. The maximum Gasteiger partial charge on any atom is 0.0870 e. The summed E-state index contributed by atoms with van der Waals surface area (Å²) in [6.07, 6.45) is 1.01. The van der Waals surface area contributed by atoms with Gasteiger partial charge in [-0.2, -0.15) is 0 Å². The van der Waals surface area contributed by atoms with Crippen LogP contribution in [0, 0.1) is 12.8 Å². The highest BCUT2D eigenvalue weighted by Crippen LogP contribution is 2.31. The molecule has 0 amide bonds. The van der Waals surface area contributed by atoms with E-state index in [0.717, 1.165) is 28.6 Å². The molecule has 0 unspecified atom stereocenters. The first-order valence-corrected chi connectivity index (χ1v) is 7.64. The third-order valence-corrected chi connectivity index (χ3v) is 4.15. The first kappa shape index (κ1) is 14.3. The lowest BCUT2D eigenvalue weighted by Gasteiger charge is -2.13. The van der Waals surface area contributed by atoms with Crippen molar-refractivity contribution in [2.45, 2.75) is 34.1 Å². The molecule has 0 radical (unpaired) electrons. The van der Waals surface area contributed by atoms with Crippen molar-refractivity contribution in [3.63, 3.8) is 0 Å². The number of halogens is 1. The molecule has 0 saturated carbocycles. The number of anilines is 1. The zero-order chi connectivity index (χ0) is 14.0. The minimum atomic E-state index is 0.614. The van der Waals surface area contributed by atoms with E-state index >= 15 is 0 Å². The van der Waals surface area contributed by atoms with Crippen molar-refractivity contribution in [3.05, 3.63) is 33.9 Å². The summed E-state index contributed by atoms with van der Waals surface area (Å²) in [6.45, 7) is 9.60. The van der Waals surface area contributed by atoms with Crippen LogP contribution >= 0.6 is 15.9 Å². The third kappa shape index (κ3) is 3.08. The van der Waals surface area contributed by atoms with Crippen LogP contribution in [0.25, 0.3) is 10.9 Å².